The fraction of sp³-hybridized carbons (Fsp3) is 0.611. The van der Waals surface area contributed by atoms with E-state index in [1.807, 2.05) is 12.1 Å². The summed E-state index contributed by atoms with van der Waals surface area (Å²) in [6.07, 6.45) is 8.75. The van der Waals surface area contributed by atoms with Gasteiger partial charge in [-0.05, 0) is 55.4 Å². The average molecular weight is 287 g/mol. The maximum atomic E-state index is 11.2. The molecule has 1 saturated carbocycles. The normalized spacial score (nSPS) is 25.5. The molecule has 2 atom stereocenters. The number of carboxylic acids is 1. The van der Waals surface area contributed by atoms with Crippen LogP contribution in [0.1, 0.15) is 61.4 Å². The van der Waals surface area contributed by atoms with Gasteiger partial charge in [-0.2, -0.15) is 0 Å². The molecule has 1 aliphatic carbocycles. The Morgan fingerprint density at radius 2 is 2.10 bits per heavy atom. The van der Waals surface area contributed by atoms with E-state index in [0.717, 1.165) is 25.3 Å². The lowest BCUT2D eigenvalue weighted by molar-refractivity contribution is 0.0696. The molecule has 2 unspecified atom stereocenters. The molecule has 0 amide bonds. The Morgan fingerprint density at radius 3 is 2.86 bits per heavy atom. The van der Waals surface area contributed by atoms with E-state index in [-0.39, 0.29) is 0 Å². The Balaban J connectivity index is 1.91. The minimum Gasteiger partial charge on any atom is -0.478 e. The molecule has 3 rings (SSSR count). The first-order chi connectivity index (χ1) is 10.2. The van der Waals surface area contributed by atoms with Crippen molar-refractivity contribution >= 4 is 11.7 Å². The zero-order chi connectivity index (χ0) is 14.8. The second-order valence-electron chi connectivity index (χ2n) is 6.47. The van der Waals surface area contributed by atoms with Gasteiger partial charge in [0, 0.05) is 18.3 Å². The molecule has 3 heteroatoms. The highest BCUT2D eigenvalue weighted by molar-refractivity contribution is 5.88. The summed E-state index contributed by atoms with van der Waals surface area (Å²) in [6, 6.07) is 6.34. The maximum absolute atomic E-state index is 11.2. The van der Waals surface area contributed by atoms with E-state index in [9.17, 15) is 4.79 Å². The van der Waals surface area contributed by atoms with E-state index in [0.29, 0.717) is 11.6 Å². The lowest BCUT2D eigenvalue weighted by Crippen LogP contribution is -2.45. The van der Waals surface area contributed by atoms with Crippen LogP contribution < -0.4 is 4.90 Å². The van der Waals surface area contributed by atoms with Gasteiger partial charge < -0.3 is 10.0 Å². The summed E-state index contributed by atoms with van der Waals surface area (Å²) in [5, 5.41) is 9.17. The Bertz CT molecular complexity index is 526. The first-order valence-corrected chi connectivity index (χ1v) is 8.33. The summed E-state index contributed by atoms with van der Waals surface area (Å²) in [5.74, 6) is -0.0251. The number of aromatic carboxylic acids is 1. The molecule has 0 bridgehead atoms. The molecule has 1 heterocycles. The van der Waals surface area contributed by atoms with Crippen molar-refractivity contribution in [3.8, 4) is 0 Å². The van der Waals surface area contributed by atoms with Gasteiger partial charge in [0.05, 0.1) is 5.56 Å². The molecule has 0 radical (unpaired) electrons. The number of benzene rings is 1. The topological polar surface area (TPSA) is 40.5 Å². The standard InChI is InChI=1S/C18H25NO2/c1-2-13-6-3-4-8-16(13)19-11-5-7-14-12-15(18(20)21)9-10-17(14)19/h9-10,12-13,16H,2-8,11H2,1H3,(H,20,21). The fourth-order valence-corrected chi connectivity index (χ4v) is 4.18. The maximum Gasteiger partial charge on any atom is 0.335 e. The van der Waals surface area contributed by atoms with Gasteiger partial charge in [0.1, 0.15) is 0 Å². The molecule has 0 saturated heterocycles. The van der Waals surface area contributed by atoms with Crippen LogP contribution in [0.5, 0.6) is 0 Å². The molecule has 1 aromatic rings. The van der Waals surface area contributed by atoms with Crippen molar-refractivity contribution in [2.24, 2.45) is 5.92 Å². The molecular weight excluding hydrogens is 262 g/mol. The molecule has 1 aromatic carbocycles. The Hall–Kier alpha value is -1.51. The Kier molecular flexibility index (Phi) is 4.18. The number of hydrogen-bond acceptors (Lipinski definition) is 2. The van der Waals surface area contributed by atoms with Gasteiger partial charge >= 0.3 is 5.97 Å². The van der Waals surface area contributed by atoms with Crippen molar-refractivity contribution in [1.82, 2.24) is 0 Å². The van der Waals surface area contributed by atoms with Crippen LogP contribution in [-0.2, 0) is 6.42 Å². The number of fused-ring (bicyclic) bond motifs is 1. The lowest BCUT2D eigenvalue weighted by Gasteiger charge is -2.44. The quantitative estimate of drug-likeness (QED) is 0.909. The molecule has 1 fully saturated rings. The minimum absolute atomic E-state index is 0.422. The lowest BCUT2D eigenvalue weighted by atomic mass is 9.80. The smallest absolute Gasteiger partial charge is 0.335 e. The van der Waals surface area contributed by atoms with Crippen LogP contribution in [0.25, 0.3) is 0 Å². The Morgan fingerprint density at radius 1 is 1.29 bits per heavy atom. The first kappa shape index (κ1) is 14.4. The fourth-order valence-electron chi connectivity index (χ4n) is 4.18. The summed E-state index contributed by atoms with van der Waals surface area (Å²) in [7, 11) is 0. The molecule has 21 heavy (non-hydrogen) atoms. The van der Waals surface area contributed by atoms with Gasteiger partial charge in [0.25, 0.3) is 0 Å². The van der Waals surface area contributed by atoms with Crippen molar-refractivity contribution in [1.29, 1.82) is 0 Å². The van der Waals surface area contributed by atoms with Crippen LogP contribution in [0, 0.1) is 5.92 Å². The second kappa shape index (κ2) is 6.08. The highest BCUT2D eigenvalue weighted by Crippen LogP contribution is 2.37. The minimum atomic E-state index is -0.820. The van der Waals surface area contributed by atoms with E-state index >= 15 is 0 Å². The number of carboxylic acid groups (broad SMARTS) is 1. The Labute approximate surface area is 127 Å². The van der Waals surface area contributed by atoms with Crippen LogP contribution in [0.4, 0.5) is 5.69 Å². The van der Waals surface area contributed by atoms with E-state index in [2.05, 4.69) is 11.8 Å². The number of aryl methyl sites for hydroxylation is 1. The third kappa shape index (κ3) is 2.78. The second-order valence-corrected chi connectivity index (χ2v) is 6.47. The van der Waals surface area contributed by atoms with Crippen molar-refractivity contribution in [2.45, 2.75) is 57.9 Å². The highest BCUT2D eigenvalue weighted by atomic mass is 16.4. The predicted molar refractivity (Wildman–Crippen MR) is 85.1 cm³/mol. The zero-order valence-electron chi connectivity index (χ0n) is 12.8. The summed E-state index contributed by atoms with van der Waals surface area (Å²) >= 11 is 0. The SMILES string of the molecule is CCC1CCCCC1N1CCCc2cc(C(=O)O)ccc21. The predicted octanol–water partition coefficient (Wildman–Crippen LogP) is 4.11. The molecule has 114 valence electrons. The van der Waals surface area contributed by atoms with Crippen LogP contribution in [-0.4, -0.2) is 23.7 Å². The summed E-state index contributed by atoms with van der Waals surface area (Å²) in [4.78, 5) is 13.7. The van der Waals surface area contributed by atoms with Crippen molar-refractivity contribution in [3.63, 3.8) is 0 Å². The molecule has 2 aliphatic rings. The van der Waals surface area contributed by atoms with Crippen LogP contribution in [0.3, 0.4) is 0 Å². The third-order valence-electron chi connectivity index (χ3n) is 5.27. The van der Waals surface area contributed by atoms with Crippen LogP contribution in [0.2, 0.25) is 0 Å². The van der Waals surface area contributed by atoms with Crippen LogP contribution in [0.15, 0.2) is 18.2 Å². The number of anilines is 1. The summed E-state index contributed by atoms with van der Waals surface area (Å²) < 4.78 is 0. The van der Waals surface area contributed by atoms with Gasteiger partial charge in [0.15, 0.2) is 0 Å². The first-order valence-electron chi connectivity index (χ1n) is 8.33. The molecule has 0 spiro atoms. The molecular formula is C18H25NO2. The summed E-state index contributed by atoms with van der Waals surface area (Å²) in [5.41, 5.74) is 2.93. The molecule has 3 nitrogen and oxygen atoms in total. The van der Waals surface area contributed by atoms with Gasteiger partial charge in [-0.1, -0.05) is 26.2 Å². The van der Waals surface area contributed by atoms with Crippen molar-refractivity contribution < 1.29 is 9.90 Å². The van der Waals surface area contributed by atoms with Gasteiger partial charge in [0.2, 0.25) is 0 Å². The summed E-state index contributed by atoms with van der Waals surface area (Å²) in [6.45, 7) is 3.43. The largest absolute Gasteiger partial charge is 0.478 e. The van der Waals surface area contributed by atoms with E-state index in [1.54, 1.807) is 6.07 Å². The molecule has 1 aliphatic heterocycles. The molecule has 1 N–H and O–H groups in total. The van der Waals surface area contributed by atoms with Crippen molar-refractivity contribution in [2.75, 3.05) is 11.4 Å². The molecule has 0 aromatic heterocycles. The number of hydrogen-bond donors (Lipinski definition) is 1. The third-order valence-corrected chi connectivity index (χ3v) is 5.27. The average Bonchev–Trinajstić information content (AvgIpc) is 2.53. The zero-order valence-corrected chi connectivity index (χ0v) is 12.8. The van der Waals surface area contributed by atoms with E-state index in [4.69, 9.17) is 5.11 Å². The van der Waals surface area contributed by atoms with Gasteiger partial charge in [-0.25, -0.2) is 4.79 Å². The highest BCUT2D eigenvalue weighted by Gasteiger charge is 2.31. The van der Waals surface area contributed by atoms with E-state index < -0.39 is 5.97 Å². The van der Waals surface area contributed by atoms with Crippen molar-refractivity contribution in [3.05, 3.63) is 29.3 Å². The number of carbonyl (C=O) groups is 1. The number of rotatable bonds is 3. The van der Waals surface area contributed by atoms with Gasteiger partial charge in [-0.15, -0.1) is 0 Å². The van der Waals surface area contributed by atoms with Gasteiger partial charge in [-0.3, -0.25) is 0 Å². The number of nitrogens with zero attached hydrogens (tertiary/aromatic N) is 1. The van der Waals surface area contributed by atoms with E-state index in [1.165, 1.54) is 43.4 Å². The van der Waals surface area contributed by atoms with Crippen LogP contribution >= 0.6 is 0 Å². The monoisotopic (exact) mass is 287 g/mol.